The molecule has 0 radical (unpaired) electrons. The molecule has 2 saturated carbocycles. The van der Waals surface area contributed by atoms with E-state index < -0.39 is 35.2 Å². The number of aryl methyl sites for hydroxylation is 1. The lowest BCUT2D eigenvalue weighted by Gasteiger charge is -2.32. The van der Waals surface area contributed by atoms with Gasteiger partial charge in [-0.1, -0.05) is 30.3 Å². The maximum Gasteiger partial charge on any atom is 0.485 e. The Bertz CT molecular complexity index is 1080. The minimum atomic E-state index is -1.26. The molecule has 38 heavy (non-hydrogen) atoms. The SMILES string of the molecule is CC(=O)NC1(C(=O)NC2(B3OC(C)(C)C(C)(C)O3)CC2CCc2ccccc2)CC1C(=O)N1CCOCC1. The summed E-state index contributed by atoms with van der Waals surface area (Å²) in [6.07, 6.45) is 2.72. The van der Waals surface area contributed by atoms with Crippen molar-refractivity contribution in [2.45, 2.75) is 82.5 Å². The quantitative estimate of drug-likeness (QED) is 0.503. The number of ether oxygens (including phenoxy) is 1. The number of morpholine rings is 1. The second kappa shape index (κ2) is 9.64. The Kier molecular flexibility index (Phi) is 6.89. The first-order valence-electron chi connectivity index (χ1n) is 13.8. The van der Waals surface area contributed by atoms with Crippen LogP contribution in [-0.2, 0) is 34.9 Å². The zero-order valence-electron chi connectivity index (χ0n) is 23.2. The Morgan fingerprint density at radius 1 is 0.974 bits per heavy atom. The predicted octanol–water partition coefficient (Wildman–Crippen LogP) is 1.88. The van der Waals surface area contributed by atoms with E-state index in [9.17, 15) is 14.4 Å². The number of carbonyl (C=O) groups is 3. The van der Waals surface area contributed by atoms with Gasteiger partial charge in [0, 0.05) is 20.0 Å². The van der Waals surface area contributed by atoms with Crippen molar-refractivity contribution in [3.63, 3.8) is 0 Å². The van der Waals surface area contributed by atoms with Crippen molar-refractivity contribution in [1.82, 2.24) is 15.5 Å². The maximum atomic E-state index is 14.0. The van der Waals surface area contributed by atoms with Crippen molar-refractivity contribution in [1.29, 1.82) is 0 Å². The molecule has 2 N–H and O–H groups in total. The number of hydrogen-bond acceptors (Lipinski definition) is 6. The summed E-state index contributed by atoms with van der Waals surface area (Å²) >= 11 is 0. The van der Waals surface area contributed by atoms with Crippen molar-refractivity contribution < 1.29 is 28.4 Å². The largest absolute Gasteiger partial charge is 0.485 e. The minimum absolute atomic E-state index is 0.113. The van der Waals surface area contributed by atoms with Gasteiger partial charge in [0.25, 0.3) is 0 Å². The second-order valence-electron chi connectivity index (χ2n) is 12.4. The third-order valence-electron chi connectivity index (χ3n) is 9.18. The molecule has 4 atom stereocenters. The van der Waals surface area contributed by atoms with Crippen LogP contribution in [0.2, 0.25) is 0 Å². The minimum Gasteiger partial charge on any atom is -0.402 e. The van der Waals surface area contributed by atoms with Crippen LogP contribution >= 0.6 is 0 Å². The lowest BCUT2D eigenvalue weighted by molar-refractivity contribution is -0.139. The van der Waals surface area contributed by atoms with E-state index in [1.54, 1.807) is 4.90 Å². The normalized spacial score (nSPS) is 33.0. The molecule has 0 bridgehead atoms. The summed E-state index contributed by atoms with van der Waals surface area (Å²) in [6.45, 7) is 11.3. The van der Waals surface area contributed by atoms with Gasteiger partial charge in [-0.2, -0.15) is 0 Å². The Morgan fingerprint density at radius 3 is 2.21 bits per heavy atom. The lowest BCUT2D eigenvalue weighted by Crippen LogP contribution is -2.60. The summed E-state index contributed by atoms with van der Waals surface area (Å²) < 4.78 is 18.3. The Balaban J connectivity index is 1.36. The highest BCUT2D eigenvalue weighted by atomic mass is 16.7. The van der Waals surface area contributed by atoms with Crippen LogP contribution in [0.15, 0.2) is 30.3 Å². The molecule has 0 aromatic heterocycles. The van der Waals surface area contributed by atoms with E-state index in [-0.39, 0.29) is 30.1 Å². The molecule has 1 aromatic rings. The molecule has 4 aliphatic rings. The van der Waals surface area contributed by atoms with Gasteiger partial charge in [0.15, 0.2) is 0 Å². The van der Waals surface area contributed by atoms with E-state index in [2.05, 4.69) is 22.8 Å². The van der Waals surface area contributed by atoms with Crippen LogP contribution in [0.5, 0.6) is 0 Å². The van der Waals surface area contributed by atoms with Crippen molar-refractivity contribution in [3.8, 4) is 0 Å². The van der Waals surface area contributed by atoms with Gasteiger partial charge in [-0.3, -0.25) is 14.4 Å². The van der Waals surface area contributed by atoms with E-state index >= 15 is 0 Å². The highest BCUT2D eigenvalue weighted by Crippen LogP contribution is 2.55. The smallest absolute Gasteiger partial charge is 0.402 e. The molecule has 10 heteroatoms. The molecule has 1 aromatic carbocycles. The molecule has 2 saturated heterocycles. The van der Waals surface area contributed by atoms with Crippen LogP contribution < -0.4 is 10.6 Å². The highest BCUT2D eigenvalue weighted by Gasteiger charge is 2.73. The van der Waals surface area contributed by atoms with E-state index in [0.717, 1.165) is 12.8 Å². The number of carbonyl (C=O) groups excluding carboxylic acids is 3. The fourth-order valence-corrected chi connectivity index (χ4v) is 5.90. The first kappa shape index (κ1) is 27.2. The molecule has 206 valence electrons. The Labute approximate surface area is 225 Å². The van der Waals surface area contributed by atoms with Crippen LogP contribution in [0, 0.1) is 11.8 Å². The molecule has 4 fully saturated rings. The van der Waals surface area contributed by atoms with Crippen LogP contribution in [0.1, 0.15) is 59.4 Å². The average Bonchev–Trinajstić information content (AvgIpc) is 3.75. The Morgan fingerprint density at radius 2 is 1.61 bits per heavy atom. The highest BCUT2D eigenvalue weighted by molar-refractivity contribution is 6.52. The summed E-state index contributed by atoms with van der Waals surface area (Å²) in [5.41, 5.74) is -1.85. The summed E-state index contributed by atoms with van der Waals surface area (Å²) in [5.74, 6) is -1.24. The monoisotopic (exact) mass is 525 g/mol. The average molecular weight is 525 g/mol. The number of rotatable bonds is 8. The maximum absolute atomic E-state index is 14.0. The van der Waals surface area contributed by atoms with Gasteiger partial charge < -0.3 is 29.6 Å². The molecule has 2 aliphatic heterocycles. The van der Waals surface area contributed by atoms with E-state index in [1.807, 2.05) is 45.9 Å². The molecule has 2 aliphatic carbocycles. The molecule has 9 nitrogen and oxygen atoms in total. The van der Waals surface area contributed by atoms with E-state index in [1.165, 1.54) is 12.5 Å². The first-order valence-corrected chi connectivity index (χ1v) is 13.8. The number of amides is 3. The number of hydrogen-bond donors (Lipinski definition) is 2. The summed E-state index contributed by atoms with van der Waals surface area (Å²) in [6, 6.07) is 10.3. The van der Waals surface area contributed by atoms with Gasteiger partial charge in [0.2, 0.25) is 17.7 Å². The van der Waals surface area contributed by atoms with Crippen LogP contribution in [-0.4, -0.2) is 78.2 Å². The Hall–Kier alpha value is -2.43. The molecule has 0 spiro atoms. The summed E-state index contributed by atoms with van der Waals surface area (Å²) in [5, 5.41) is 6.10. The molecular weight excluding hydrogens is 485 g/mol. The first-order chi connectivity index (χ1) is 17.9. The molecular formula is C28H40BN3O6. The standard InChI is InChI=1S/C28H40BN3O6/c1-19(33)30-27(18-22(27)23(34)32-13-15-36-16-14-32)24(35)31-28(29-37-25(2,3)26(4,5)38-29)17-21(28)12-11-20-9-7-6-8-10-20/h6-10,21-22H,11-18H2,1-5H3,(H,30,33)(H,31,35). The van der Waals surface area contributed by atoms with Crippen molar-refractivity contribution in [2.24, 2.45) is 11.8 Å². The molecule has 4 unspecified atom stereocenters. The number of nitrogens with zero attached hydrogens (tertiary/aromatic N) is 1. The van der Waals surface area contributed by atoms with Gasteiger partial charge in [-0.25, -0.2) is 0 Å². The van der Waals surface area contributed by atoms with Crippen molar-refractivity contribution in [3.05, 3.63) is 35.9 Å². The number of benzene rings is 1. The fourth-order valence-electron chi connectivity index (χ4n) is 5.90. The van der Waals surface area contributed by atoms with Gasteiger partial charge in [-0.15, -0.1) is 0 Å². The fraction of sp³-hybridized carbons (Fsp3) is 0.679. The third-order valence-corrected chi connectivity index (χ3v) is 9.18. The van der Waals surface area contributed by atoms with Crippen LogP contribution in [0.4, 0.5) is 0 Å². The van der Waals surface area contributed by atoms with E-state index in [4.69, 9.17) is 14.0 Å². The molecule has 3 amide bonds. The van der Waals surface area contributed by atoms with Crippen LogP contribution in [0.3, 0.4) is 0 Å². The number of nitrogens with one attached hydrogen (secondary N) is 2. The van der Waals surface area contributed by atoms with Crippen molar-refractivity contribution in [2.75, 3.05) is 26.3 Å². The second-order valence-corrected chi connectivity index (χ2v) is 12.4. The zero-order valence-corrected chi connectivity index (χ0v) is 23.2. The summed E-state index contributed by atoms with van der Waals surface area (Å²) in [4.78, 5) is 41.2. The molecule has 5 rings (SSSR count). The van der Waals surface area contributed by atoms with Crippen LogP contribution in [0.25, 0.3) is 0 Å². The summed E-state index contributed by atoms with van der Waals surface area (Å²) in [7, 11) is -0.626. The lowest BCUT2D eigenvalue weighted by atomic mass is 9.72. The molecule has 2 heterocycles. The van der Waals surface area contributed by atoms with Gasteiger partial charge in [0.05, 0.1) is 35.8 Å². The zero-order chi connectivity index (χ0) is 27.3. The van der Waals surface area contributed by atoms with Gasteiger partial charge in [0.1, 0.15) is 5.54 Å². The van der Waals surface area contributed by atoms with Gasteiger partial charge in [-0.05, 0) is 64.9 Å². The third kappa shape index (κ3) is 4.87. The predicted molar refractivity (Wildman–Crippen MR) is 142 cm³/mol. The topological polar surface area (TPSA) is 106 Å². The van der Waals surface area contributed by atoms with Crippen molar-refractivity contribution >= 4 is 24.8 Å². The van der Waals surface area contributed by atoms with Gasteiger partial charge >= 0.3 is 7.12 Å². The van der Waals surface area contributed by atoms with E-state index in [0.29, 0.717) is 32.7 Å².